The van der Waals surface area contributed by atoms with E-state index in [-0.39, 0.29) is 0 Å². The normalized spacial score (nSPS) is 10.8. The molecule has 1 N–H and O–H groups in total. The number of nitrogens with zero attached hydrogens (tertiary/aromatic N) is 1. The molecule has 0 aliphatic rings. The van der Waals surface area contributed by atoms with Crippen LogP contribution >= 0.6 is 39.1 Å². The summed E-state index contributed by atoms with van der Waals surface area (Å²) in [4.78, 5) is 0. The topological polar surface area (TPSA) is 42.9 Å². The molecular formula is C16H15BrCl2N2O2. The highest BCUT2D eigenvalue weighted by Crippen LogP contribution is 2.32. The van der Waals surface area contributed by atoms with Crippen LogP contribution in [0, 0.1) is 0 Å². The number of benzene rings is 2. The highest BCUT2D eigenvalue weighted by atomic mass is 79.9. The van der Waals surface area contributed by atoms with Gasteiger partial charge in [-0.1, -0.05) is 29.3 Å². The van der Waals surface area contributed by atoms with E-state index in [0.717, 1.165) is 15.6 Å². The summed E-state index contributed by atoms with van der Waals surface area (Å²) >= 11 is 15.7. The van der Waals surface area contributed by atoms with E-state index in [4.69, 9.17) is 32.7 Å². The molecule has 2 rings (SSSR count). The van der Waals surface area contributed by atoms with Crippen molar-refractivity contribution in [2.45, 2.75) is 6.54 Å². The van der Waals surface area contributed by atoms with Gasteiger partial charge in [0.1, 0.15) is 11.5 Å². The third-order valence-electron chi connectivity index (χ3n) is 3.12. The van der Waals surface area contributed by atoms with Gasteiger partial charge < -0.3 is 14.9 Å². The highest BCUT2D eigenvalue weighted by molar-refractivity contribution is 9.10. The van der Waals surface area contributed by atoms with Crippen LogP contribution in [0.15, 0.2) is 39.9 Å². The van der Waals surface area contributed by atoms with Crippen molar-refractivity contribution in [2.24, 2.45) is 5.10 Å². The third kappa shape index (κ3) is 4.53. The molecule has 0 fully saturated rings. The van der Waals surface area contributed by atoms with E-state index < -0.39 is 0 Å². The molecule has 0 radical (unpaired) electrons. The van der Waals surface area contributed by atoms with Crippen LogP contribution in [-0.2, 0) is 6.54 Å². The van der Waals surface area contributed by atoms with Crippen molar-refractivity contribution in [3.05, 3.63) is 56.0 Å². The molecule has 2 aromatic rings. The van der Waals surface area contributed by atoms with E-state index in [1.54, 1.807) is 44.7 Å². The lowest BCUT2D eigenvalue weighted by molar-refractivity contribution is 0.392. The van der Waals surface area contributed by atoms with E-state index in [1.807, 2.05) is 6.07 Å². The van der Waals surface area contributed by atoms with Crippen LogP contribution in [0.4, 0.5) is 0 Å². The van der Waals surface area contributed by atoms with Crippen molar-refractivity contribution in [3.63, 3.8) is 0 Å². The lowest BCUT2D eigenvalue weighted by Crippen LogP contribution is -2.07. The Hall–Kier alpha value is -1.43. The second kappa shape index (κ2) is 8.43. The van der Waals surface area contributed by atoms with Gasteiger partial charge in [-0.15, -0.1) is 0 Å². The summed E-state index contributed by atoms with van der Waals surface area (Å²) < 4.78 is 11.4. The molecular weight excluding hydrogens is 403 g/mol. The molecule has 0 heterocycles. The Morgan fingerprint density at radius 1 is 1.13 bits per heavy atom. The Morgan fingerprint density at radius 3 is 2.39 bits per heavy atom. The number of hydrogen-bond donors (Lipinski definition) is 1. The molecule has 0 aliphatic carbocycles. The third-order valence-corrected chi connectivity index (χ3v) is 4.44. The van der Waals surface area contributed by atoms with Gasteiger partial charge in [0, 0.05) is 27.2 Å². The molecule has 2 aromatic carbocycles. The second-order valence-corrected chi connectivity index (χ2v) is 6.19. The summed E-state index contributed by atoms with van der Waals surface area (Å²) in [7, 11) is 3.19. The molecule has 4 nitrogen and oxygen atoms in total. The van der Waals surface area contributed by atoms with Crippen molar-refractivity contribution in [1.29, 1.82) is 0 Å². The van der Waals surface area contributed by atoms with Crippen LogP contribution in [-0.4, -0.2) is 20.4 Å². The minimum atomic E-state index is 0.425. The standard InChI is InChI=1S/C16H15BrCl2N2O2/c1-22-15-7-16(23-2)12(17)6-10(15)8-20-21-9-11-13(18)4-3-5-14(11)19/h3-8,21H,9H2,1-2H3/b20-8-. The predicted octanol–water partition coefficient (Wildman–Crippen LogP) is 4.90. The Kier molecular flexibility index (Phi) is 6.57. The van der Waals surface area contributed by atoms with Crippen LogP contribution in [0.5, 0.6) is 11.5 Å². The van der Waals surface area contributed by atoms with E-state index in [2.05, 4.69) is 26.5 Å². The van der Waals surface area contributed by atoms with Gasteiger partial charge in [0.25, 0.3) is 0 Å². The van der Waals surface area contributed by atoms with Gasteiger partial charge >= 0.3 is 0 Å². The molecule has 7 heteroatoms. The summed E-state index contributed by atoms with van der Waals surface area (Å²) in [5.41, 5.74) is 4.54. The van der Waals surface area contributed by atoms with E-state index in [9.17, 15) is 0 Å². The fraction of sp³-hybridized carbons (Fsp3) is 0.188. The first-order valence-electron chi connectivity index (χ1n) is 6.67. The van der Waals surface area contributed by atoms with Gasteiger partial charge in [0.15, 0.2) is 0 Å². The molecule has 0 aromatic heterocycles. The monoisotopic (exact) mass is 416 g/mol. The fourth-order valence-electron chi connectivity index (χ4n) is 1.93. The van der Waals surface area contributed by atoms with Gasteiger partial charge in [-0.05, 0) is 34.1 Å². The summed E-state index contributed by atoms with van der Waals surface area (Å²) in [6, 6.07) is 9.04. The molecule has 122 valence electrons. The Labute approximate surface area is 153 Å². The van der Waals surface area contributed by atoms with Gasteiger partial charge in [0.2, 0.25) is 0 Å². The average Bonchev–Trinajstić information content (AvgIpc) is 2.54. The van der Waals surface area contributed by atoms with Crippen LogP contribution < -0.4 is 14.9 Å². The van der Waals surface area contributed by atoms with Crippen molar-refractivity contribution >= 4 is 45.3 Å². The Morgan fingerprint density at radius 2 is 1.78 bits per heavy atom. The molecule has 0 spiro atoms. The highest BCUT2D eigenvalue weighted by Gasteiger charge is 2.08. The zero-order valence-electron chi connectivity index (χ0n) is 12.6. The zero-order valence-corrected chi connectivity index (χ0v) is 15.7. The summed E-state index contributed by atoms with van der Waals surface area (Å²) in [6.45, 7) is 0.425. The van der Waals surface area contributed by atoms with E-state index in [0.29, 0.717) is 28.1 Å². The van der Waals surface area contributed by atoms with Crippen molar-refractivity contribution in [2.75, 3.05) is 14.2 Å². The molecule has 0 atom stereocenters. The Balaban J connectivity index is 2.10. The summed E-state index contributed by atoms with van der Waals surface area (Å²) in [6.07, 6.45) is 1.66. The average molecular weight is 418 g/mol. The molecule has 0 amide bonds. The molecule has 0 saturated heterocycles. The maximum Gasteiger partial charge on any atom is 0.136 e. The maximum atomic E-state index is 6.11. The smallest absolute Gasteiger partial charge is 0.136 e. The number of ether oxygens (including phenoxy) is 2. The SMILES string of the molecule is COc1cc(OC)c(/C=N\NCc2c(Cl)cccc2Cl)cc1Br. The number of hydrogen-bond acceptors (Lipinski definition) is 4. The zero-order chi connectivity index (χ0) is 16.8. The number of halogens is 3. The summed E-state index contributed by atoms with van der Waals surface area (Å²) in [5, 5.41) is 5.39. The summed E-state index contributed by atoms with van der Waals surface area (Å²) in [5.74, 6) is 1.35. The first-order valence-corrected chi connectivity index (χ1v) is 8.22. The molecule has 0 saturated carbocycles. The fourth-order valence-corrected chi connectivity index (χ4v) is 2.98. The molecule has 23 heavy (non-hydrogen) atoms. The number of rotatable bonds is 6. The minimum absolute atomic E-state index is 0.425. The lowest BCUT2D eigenvalue weighted by Gasteiger charge is -2.10. The van der Waals surface area contributed by atoms with E-state index in [1.165, 1.54) is 0 Å². The van der Waals surface area contributed by atoms with E-state index >= 15 is 0 Å². The second-order valence-electron chi connectivity index (χ2n) is 4.52. The van der Waals surface area contributed by atoms with Crippen LogP contribution in [0.2, 0.25) is 10.0 Å². The molecule has 0 bridgehead atoms. The molecule has 0 aliphatic heterocycles. The number of nitrogens with one attached hydrogen (secondary N) is 1. The van der Waals surface area contributed by atoms with Gasteiger partial charge in [-0.25, -0.2) is 0 Å². The maximum absolute atomic E-state index is 6.11. The van der Waals surface area contributed by atoms with Crippen molar-refractivity contribution in [1.82, 2.24) is 5.43 Å². The lowest BCUT2D eigenvalue weighted by atomic mass is 10.2. The minimum Gasteiger partial charge on any atom is -0.496 e. The number of methoxy groups -OCH3 is 2. The predicted molar refractivity (Wildman–Crippen MR) is 98.1 cm³/mol. The van der Waals surface area contributed by atoms with Crippen LogP contribution in [0.25, 0.3) is 0 Å². The van der Waals surface area contributed by atoms with Crippen LogP contribution in [0.3, 0.4) is 0 Å². The number of hydrazone groups is 1. The Bertz CT molecular complexity index is 703. The van der Waals surface area contributed by atoms with Crippen molar-refractivity contribution in [3.8, 4) is 11.5 Å². The largest absolute Gasteiger partial charge is 0.496 e. The molecule has 0 unspecified atom stereocenters. The van der Waals surface area contributed by atoms with Gasteiger partial charge in [-0.3, -0.25) is 0 Å². The quantitative estimate of drug-likeness (QED) is 0.537. The van der Waals surface area contributed by atoms with Crippen LogP contribution in [0.1, 0.15) is 11.1 Å². The van der Waals surface area contributed by atoms with Gasteiger partial charge in [0.05, 0.1) is 31.5 Å². The van der Waals surface area contributed by atoms with Gasteiger partial charge in [-0.2, -0.15) is 5.10 Å². The first kappa shape index (κ1) is 17.9. The van der Waals surface area contributed by atoms with Crippen molar-refractivity contribution < 1.29 is 9.47 Å². The first-order chi connectivity index (χ1) is 11.1.